The van der Waals surface area contributed by atoms with Crippen LogP contribution in [0.15, 0.2) is 38.3 Å². The average Bonchev–Trinajstić information content (AvgIpc) is 3.19. The Bertz CT molecular complexity index is 1160. The van der Waals surface area contributed by atoms with Gasteiger partial charge in [0.2, 0.25) is 5.91 Å². The number of rotatable bonds is 3. The van der Waals surface area contributed by atoms with Crippen LogP contribution in [0.2, 0.25) is 0 Å². The first-order valence-electron chi connectivity index (χ1n) is 9.84. The van der Waals surface area contributed by atoms with Crippen molar-refractivity contribution in [2.24, 2.45) is 0 Å². The molecular formula is C20H22N4O4. The Morgan fingerprint density at radius 1 is 1.07 bits per heavy atom. The minimum atomic E-state index is -0.475. The lowest BCUT2D eigenvalue weighted by Crippen LogP contribution is -2.31. The summed E-state index contributed by atoms with van der Waals surface area (Å²) < 4.78 is 8.66. The van der Waals surface area contributed by atoms with Crippen LogP contribution in [0.1, 0.15) is 56.0 Å². The van der Waals surface area contributed by atoms with Crippen LogP contribution in [-0.2, 0) is 11.3 Å². The first-order chi connectivity index (χ1) is 13.6. The number of aromatic amines is 1. The van der Waals surface area contributed by atoms with Crippen molar-refractivity contribution in [3.05, 3.63) is 50.7 Å². The summed E-state index contributed by atoms with van der Waals surface area (Å²) in [5, 5.41) is 5.83. The van der Waals surface area contributed by atoms with Gasteiger partial charge in [0, 0.05) is 18.9 Å². The number of hydrogen-bond acceptors (Lipinski definition) is 4. The minimum absolute atomic E-state index is 0.137. The molecule has 2 N–H and O–H groups in total. The molecule has 1 aliphatic carbocycles. The summed E-state index contributed by atoms with van der Waals surface area (Å²) in [5.41, 5.74) is 1.54. The molecule has 1 amide bonds. The number of anilines is 1. The second-order valence-electron chi connectivity index (χ2n) is 7.76. The van der Waals surface area contributed by atoms with Crippen LogP contribution in [0.25, 0.3) is 11.1 Å². The van der Waals surface area contributed by atoms with E-state index in [0.717, 1.165) is 25.7 Å². The highest BCUT2D eigenvalue weighted by Gasteiger charge is 2.34. The maximum absolute atomic E-state index is 12.8. The summed E-state index contributed by atoms with van der Waals surface area (Å²) in [7, 11) is 0. The summed E-state index contributed by atoms with van der Waals surface area (Å²) in [6.45, 7) is 0.230. The van der Waals surface area contributed by atoms with Crippen molar-refractivity contribution < 1.29 is 9.21 Å². The molecule has 5 rings (SSSR count). The molecule has 0 radical (unpaired) electrons. The number of amides is 1. The molecule has 28 heavy (non-hydrogen) atoms. The van der Waals surface area contributed by atoms with Gasteiger partial charge in [0.25, 0.3) is 5.56 Å². The third-order valence-corrected chi connectivity index (χ3v) is 5.98. The number of nitrogens with zero attached hydrogens (tertiary/aromatic N) is 2. The third kappa shape index (κ3) is 2.71. The van der Waals surface area contributed by atoms with E-state index in [2.05, 4.69) is 10.4 Å². The fourth-order valence-electron chi connectivity index (χ4n) is 4.65. The number of fused-ring (bicyclic) bond motifs is 2. The third-order valence-electron chi connectivity index (χ3n) is 5.98. The number of aromatic nitrogens is 3. The maximum atomic E-state index is 12.8. The Labute approximate surface area is 160 Å². The van der Waals surface area contributed by atoms with Gasteiger partial charge in [-0.15, -0.1) is 0 Å². The van der Waals surface area contributed by atoms with Gasteiger partial charge in [-0.05, 0) is 25.0 Å². The second-order valence-corrected chi connectivity index (χ2v) is 7.76. The van der Waals surface area contributed by atoms with Crippen LogP contribution in [0.3, 0.4) is 0 Å². The van der Waals surface area contributed by atoms with Crippen molar-refractivity contribution in [2.75, 3.05) is 5.32 Å². The topological polar surface area (TPSA) is 102 Å². The molecule has 1 aliphatic heterocycles. The summed E-state index contributed by atoms with van der Waals surface area (Å²) in [6.07, 6.45) is 5.58. The van der Waals surface area contributed by atoms with Crippen LogP contribution < -0.4 is 16.6 Å². The van der Waals surface area contributed by atoms with Crippen molar-refractivity contribution in [1.82, 2.24) is 14.3 Å². The van der Waals surface area contributed by atoms with Crippen molar-refractivity contribution in [1.29, 1.82) is 0 Å². The zero-order chi connectivity index (χ0) is 19.3. The summed E-state index contributed by atoms with van der Waals surface area (Å²) in [4.78, 5) is 37.5. The quantitative estimate of drug-likeness (QED) is 0.727. The maximum Gasteiger partial charge on any atom is 0.419 e. The van der Waals surface area contributed by atoms with Crippen molar-refractivity contribution in [2.45, 2.75) is 57.0 Å². The Morgan fingerprint density at radius 2 is 1.86 bits per heavy atom. The zero-order valence-electron chi connectivity index (χ0n) is 15.4. The number of hydrogen-bond donors (Lipinski definition) is 2. The van der Waals surface area contributed by atoms with Gasteiger partial charge < -0.3 is 9.73 Å². The fourth-order valence-corrected chi connectivity index (χ4v) is 4.65. The molecule has 1 saturated carbocycles. The van der Waals surface area contributed by atoms with E-state index in [9.17, 15) is 14.4 Å². The minimum Gasteiger partial charge on any atom is -0.408 e. The summed E-state index contributed by atoms with van der Waals surface area (Å²) >= 11 is 0. The van der Waals surface area contributed by atoms with Crippen LogP contribution in [0.5, 0.6) is 0 Å². The molecule has 2 aromatic heterocycles. The lowest BCUT2D eigenvalue weighted by molar-refractivity contribution is -0.117. The van der Waals surface area contributed by atoms with E-state index in [4.69, 9.17) is 4.42 Å². The van der Waals surface area contributed by atoms with E-state index >= 15 is 0 Å². The lowest BCUT2D eigenvalue weighted by Gasteiger charge is -2.28. The number of benzene rings is 1. The van der Waals surface area contributed by atoms with E-state index in [-0.39, 0.29) is 36.4 Å². The Balaban J connectivity index is 1.56. The molecule has 8 nitrogen and oxygen atoms in total. The van der Waals surface area contributed by atoms with Gasteiger partial charge in [0.1, 0.15) is 5.82 Å². The molecule has 0 spiro atoms. The van der Waals surface area contributed by atoms with E-state index in [1.165, 1.54) is 11.0 Å². The summed E-state index contributed by atoms with van der Waals surface area (Å²) in [6, 6.07) is 7.37. The Morgan fingerprint density at radius 3 is 2.68 bits per heavy atom. The van der Waals surface area contributed by atoms with Gasteiger partial charge in [0.15, 0.2) is 5.58 Å². The second kappa shape index (κ2) is 6.54. The smallest absolute Gasteiger partial charge is 0.408 e. The lowest BCUT2D eigenvalue weighted by atomic mass is 9.92. The van der Waals surface area contributed by atoms with E-state index in [0.29, 0.717) is 22.5 Å². The molecule has 3 heterocycles. The standard InChI is InChI=1S/C20H22N4O4/c25-16-10-12(11-23-14-8-4-5-9-15(14)28-20(23)27)17-18(21-16)24(22-19(17)26)13-6-2-1-3-7-13/h4-5,8-9,12-13H,1-3,6-7,10-11H2,(H,21,25)(H,22,26)/t12-/m1/s1. The highest BCUT2D eigenvalue weighted by atomic mass is 16.4. The summed E-state index contributed by atoms with van der Waals surface area (Å²) in [5.74, 6) is -0.422. The van der Waals surface area contributed by atoms with Gasteiger partial charge in [-0.25, -0.2) is 4.79 Å². The van der Waals surface area contributed by atoms with Crippen LogP contribution >= 0.6 is 0 Å². The molecule has 1 atom stereocenters. The van der Waals surface area contributed by atoms with Gasteiger partial charge in [-0.2, -0.15) is 0 Å². The number of para-hydroxylation sites is 2. The molecule has 0 saturated heterocycles. The predicted octanol–water partition coefficient (Wildman–Crippen LogP) is 2.72. The predicted molar refractivity (Wildman–Crippen MR) is 104 cm³/mol. The van der Waals surface area contributed by atoms with Gasteiger partial charge in [-0.1, -0.05) is 31.4 Å². The van der Waals surface area contributed by atoms with Crippen LogP contribution in [-0.4, -0.2) is 20.3 Å². The van der Waals surface area contributed by atoms with Gasteiger partial charge in [-0.3, -0.25) is 23.9 Å². The molecule has 0 bridgehead atoms. The molecular weight excluding hydrogens is 360 g/mol. The molecule has 1 aromatic carbocycles. The van der Waals surface area contributed by atoms with Crippen molar-refractivity contribution in [3.8, 4) is 0 Å². The normalized spacial score (nSPS) is 20.3. The van der Waals surface area contributed by atoms with E-state index in [1.54, 1.807) is 12.1 Å². The first kappa shape index (κ1) is 17.1. The molecule has 2 aliphatic rings. The molecule has 1 fully saturated rings. The van der Waals surface area contributed by atoms with Crippen LogP contribution in [0, 0.1) is 0 Å². The molecule has 0 unspecified atom stereocenters. The first-order valence-corrected chi connectivity index (χ1v) is 9.84. The van der Waals surface area contributed by atoms with Gasteiger partial charge in [0.05, 0.1) is 17.1 Å². The van der Waals surface area contributed by atoms with Crippen molar-refractivity contribution >= 4 is 22.8 Å². The fraction of sp³-hybridized carbons (Fsp3) is 0.450. The highest BCUT2D eigenvalue weighted by molar-refractivity contribution is 5.93. The van der Waals surface area contributed by atoms with E-state index < -0.39 is 5.76 Å². The molecule has 8 heteroatoms. The molecule has 3 aromatic rings. The average molecular weight is 382 g/mol. The van der Waals surface area contributed by atoms with Crippen molar-refractivity contribution in [3.63, 3.8) is 0 Å². The zero-order valence-corrected chi connectivity index (χ0v) is 15.4. The SMILES string of the molecule is O=C1C[C@H](Cn2c(=O)oc3ccccc32)c2c(n(C3CCCCC3)[nH]c2=O)N1. The highest BCUT2D eigenvalue weighted by Crippen LogP contribution is 2.36. The number of H-pyrrole nitrogens is 1. The number of carbonyl (C=O) groups is 1. The van der Waals surface area contributed by atoms with E-state index in [1.807, 2.05) is 16.8 Å². The largest absolute Gasteiger partial charge is 0.419 e. The van der Waals surface area contributed by atoms with Gasteiger partial charge >= 0.3 is 5.76 Å². The Kier molecular flexibility index (Phi) is 3.99. The number of nitrogens with one attached hydrogen (secondary N) is 2. The number of oxazole rings is 1. The number of carbonyl (C=O) groups excluding carboxylic acids is 1. The Hall–Kier alpha value is -3.03. The van der Waals surface area contributed by atoms with Crippen LogP contribution in [0.4, 0.5) is 5.82 Å². The molecule has 146 valence electrons. The monoisotopic (exact) mass is 382 g/mol.